The van der Waals surface area contributed by atoms with Gasteiger partial charge in [0.2, 0.25) is 0 Å². The predicted octanol–water partition coefficient (Wildman–Crippen LogP) is 0.284. The first kappa shape index (κ1) is 13.2. The fraction of sp³-hybridized carbons (Fsp3) is 0.929. The molecule has 3 heterocycles. The lowest BCUT2D eigenvalue weighted by atomic mass is 10.0. The molecule has 1 N–H and O–H groups in total. The molecule has 0 aliphatic carbocycles. The average Bonchev–Trinajstić information content (AvgIpc) is 2.98. The van der Waals surface area contributed by atoms with E-state index in [0.717, 1.165) is 37.8 Å². The summed E-state index contributed by atoms with van der Waals surface area (Å²) in [6, 6.07) is 0.873. The summed E-state index contributed by atoms with van der Waals surface area (Å²) in [5.41, 5.74) is 0. The van der Waals surface area contributed by atoms with Gasteiger partial charge in [-0.05, 0) is 37.8 Å². The van der Waals surface area contributed by atoms with E-state index >= 15 is 0 Å². The zero-order valence-corrected chi connectivity index (χ0v) is 12.1. The zero-order chi connectivity index (χ0) is 13.4. The van der Waals surface area contributed by atoms with Gasteiger partial charge >= 0.3 is 6.03 Å². The number of nitrogens with zero attached hydrogens (tertiary/aromatic N) is 3. The van der Waals surface area contributed by atoms with Gasteiger partial charge in [0.1, 0.15) is 0 Å². The molecular weight excluding hydrogens is 240 g/mol. The summed E-state index contributed by atoms with van der Waals surface area (Å²) in [4.78, 5) is 18.3. The van der Waals surface area contributed by atoms with Gasteiger partial charge in [-0.1, -0.05) is 0 Å². The van der Waals surface area contributed by atoms with Gasteiger partial charge in [-0.2, -0.15) is 0 Å². The van der Waals surface area contributed by atoms with E-state index in [1.807, 2.05) is 19.0 Å². The Bertz CT molecular complexity index is 326. The summed E-state index contributed by atoms with van der Waals surface area (Å²) in [5.74, 6) is 1.75. The highest BCUT2D eigenvalue weighted by Crippen LogP contribution is 2.30. The second-order valence-corrected chi connectivity index (χ2v) is 6.53. The monoisotopic (exact) mass is 266 g/mol. The predicted molar refractivity (Wildman–Crippen MR) is 75.1 cm³/mol. The van der Waals surface area contributed by atoms with Crippen molar-refractivity contribution in [3.8, 4) is 0 Å². The Kier molecular flexibility index (Phi) is 3.67. The normalized spacial score (nSPS) is 32.6. The summed E-state index contributed by atoms with van der Waals surface area (Å²) in [5, 5.41) is 3.50. The summed E-state index contributed by atoms with van der Waals surface area (Å²) in [7, 11) is 3.67. The number of nitrogens with one attached hydrogen (secondary N) is 1. The molecule has 0 bridgehead atoms. The smallest absolute Gasteiger partial charge is 0.319 e. The average molecular weight is 266 g/mol. The fourth-order valence-electron chi connectivity index (χ4n) is 3.89. The Morgan fingerprint density at radius 2 is 1.68 bits per heavy atom. The van der Waals surface area contributed by atoms with Crippen molar-refractivity contribution < 1.29 is 4.79 Å². The van der Waals surface area contributed by atoms with Crippen molar-refractivity contribution in [1.29, 1.82) is 0 Å². The first-order chi connectivity index (χ1) is 9.15. The second-order valence-electron chi connectivity index (χ2n) is 6.53. The van der Waals surface area contributed by atoms with Crippen molar-refractivity contribution >= 4 is 6.03 Å². The molecule has 0 radical (unpaired) electrons. The van der Waals surface area contributed by atoms with Crippen molar-refractivity contribution in [1.82, 2.24) is 20.0 Å². The largest absolute Gasteiger partial charge is 0.331 e. The van der Waals surface area contributed by atoms with E-state index in [0.29, 0.717) is 6.04 Å². The van der Waals surface area contributed by atoms with E-state index in [4.69, 9.17) is 0 Å². The molecule has 2 amide bonds. The Morgan fingerprint density at radius 1 is 1.11 bits per heavy atom. The molecule has 3 saturated heterocycles. The summed E-state index contributed by atoms with van der Waals surface area (Å²) in [6.07, 6.45) is 2.29. The van der Waals surface area contributed by atoms with E-state index in [1.54, 1.807) is 4.90 Å². The summed E-state index contributed by atoms with van der Waals surface area (Å²) >= 11 is 0. The van der Waals surface area contributed by atoms with E-state index in [-0.39, 0.29) is 6.03 Å². The molecule has 0 saturated carbocycles. The lowest BCUT2D eigenvalue weighted by molar-refractivity contribution is 0.117. The molecule has 2 atom stereocenters. The van der Waals surface area contributed by atoms with Gasteiger partial charge in [0, 0.05) is 46.3 Å². The number of urea groups is 1. The van der Waals surface area contributed by atoms with Crippen molar-refractivity contribution in [2.75, 3.05) is 53.4 Å². The summed E-state index contributed by atoms with van der Waals surface area (Å²) < 4.78 is 0. The van der Waals surface area contributed by atoms with E-state index in [1.165, 1.54) is 26.2 Å². The molecule has 5 nitrogen and oxygen atoms in total. The van der Waals surface area contributed by atoms with Crippen molar-refractivity contribution in [2.24, 2.45) is 11.8 Å². The molecule has 0 aromatic carbocycles. The number of carbonyl (C=O) groups is 1. The van der Waals surface area contributed by atoms with Gasteiger partial charge in [0.25, 0.3) is 0 Å². The minimum absolute atomic E-state index is 0.168. The number of hydrogen-bond acceptors (Lipinski definition) is 3. The molecule has 2 unspecified atom stereocenters. The first-order valence-corrected chi connectivity index (χ1v) is 7.56. The number of rotatable bonds is 1. The maximum absolute atomic E-state index is 11.9. The SMILES string of the molecule is CN(C)C(=O)N1CCC(N2CC3CNCC3C2)CC1. The Labute approximate surface area is 115 Å². The van der Waals surface area contributed by atoms with Crippen LogP contribution in [0.1, 0.15) is 12.8 Å². The van der Waals surface area contributed by atoms with E-state index in [9.17, 15) is 4.79 Å². The lowest BCUT2D eigenvalue weighted by Crippen LogP contribution is -2.49. The topological polar surface area (TPSA) is 38.8 Å². The number of piperidine rings is 1. The van der Waals surface area contributed by atoms with Crippen LogP contribution in [-0.4, -0.2) is 80.1 Å². The number of hydrogen-bond donors (Lipinski definition) is 1. The van der Waals surface area contributed by atoms with E-state index < -0.39 is 0 Å². The lowest BCUT2D eigenvalue weighted by Gasteiger charge is -2.38. The van der Waals surface area contributed by atoms with Crippen LogP contribution in [0.2, 0.25) is 0 Å². The highest BCUT2D eigenvalue weighted by Gasteiger charge is 2.39. The molecule has 0 aromatic heterocycles. The minimum Gasteiger partial charge on any atom is -0.331 e. The first-order valence-electron chi connectivity index (χ1n) is 7.56. The molecule has 3 aliphatic heterocycles. The van der Waals surface area contributed by atoms with Crippen LogP contribution in [0.3, 0.4) is 0 Å². The summed E-state index contributed by atoms with van der Waals surface area (Å²) in [6.45, 7) is 6.80. The van der Waals surface area contributed by atoms with Gasteiger partial charge in [-0.25, -0.2) is 4.79 Å². The van der Waals surface area contributed by atoms with Crippen LogP contribution in [0, 0.1) is 11.8 Å². The number of fused-ring (bicyclic) bond motifs is 1. The van der Waals surface area contributed by atoms with Gasteiger partial charge in [0.05, 0.1) is 0 Å². The standard InChI is InChI=1S/C14H26N4O/c1-16(2)14(19)17-5-3-13(4-6-17)18-9-11-7-15-8-12(11)10-18/h11-13,15H,3-10H2,1-2H3. The van der Waals surface area contributed by atoms with Crippen molar-refractivity contribution in [2.45, 2.75) is 18.9 Å². The third kappa shape index (κ3) is 2.58. The zero-order valence-electron chi connectivity index (χ0n) is 12.1. The van der Waals surface area contributed by atoms with Crippen LogP contribution in [0.25, 0.3) is 0 Å². The van der Waals surface area contributed by atoms with Gasteiger partial charge < -0.3 is 15.1 Å². The maximum Gasteiger partial charge on any atom is 0.319 e. The molecule has 3 aliphatic rings. The Balaban J connectivity index is 1.49. The van der Waals surface area contributed by atoms with Crippen LogP contribution in [0.4, 0.5) is 4.79 Å². The van der Waals surface area contributed by atoms with Crippen molar-refractivity contribution in [3.63, 3.8) is 0 Å². The third-order valence-corrected chi connectivity index (χ3v) is 5.05. The highest BCUT2D eigenvalue weighted by molar-refractivity contribution is 5.73. The van der Waals surface area contributed by atoms with Gasteiger partial charge in [0.15, 0.2) is 0 Å². The number of amides is 2. The van der Waals surface area contributed by atoms with Crippen LogP contribution in [0.5, 0.6) is 0 Å². The Hall–Kier alpha value is -0.810. The van der Waals surface area contributed by atoms with Crippen LogP contribution in [0.15, 0.2) is 0 Å². The molecule has 0 aromatic rings. The van der Waals surface area contributed by atoms with Gasteiger partial charge in [-0.3, -0.25) is 4.90 Å². The Morgan fingerprint density at radius 3 is 2.21 bits per heavy atom. The molecule has 3 fully saturated rings. The van der Waals surface area contributed by atoms with Crippen LogP contribution < -0.4 is 5.32 Å². The molecule has 19 heavy (non-hydrogen) atoms. The second kappa shape index (κ2) is 5.29. The number of carbonyl (C=O) groups excluding carboxylic acids is 1. The minimum atomic E-state index is 0.168. The number of likely N-dealkylation sites (tertiary alicyclic amines) is 2. The molecular formula is C14H26N4O. The molecule has 3 rings (SSSR count). The molecule has 5 heteroatoms. The molecule has 108 valence electrons. The quantitative estimate of drug-likeness (QED) is 0.741. The fourth-order valence-corrected chi connectivity index (χ4v) is 3.89. The van der Waals surface area contributed by atoms with Gasteiger partial charge in [-0.15, -0.1) is 0 Å². The molecule has 0 spiro atoms. The maximum atomic E-state index is 11.9. The van der Waals surface area contributed by atoms with E-state index in [2.05, 4.69) is 10.2 Å². The van der Waals surface area contributed by atoms with Crippen molar-refractivity contribution in [3.05, 3.63) is 0 Å². The van der Waals surface area contributed by atoms with Crippen LogP contribution >= 0.6 is 0 Å². The third-order valence-electron chi connectivity index (χ3n) is 5.05. The highest BCUT2D eigenvalue weighted by atomic mass is 16.2. The van der Waals surface area contributed by atoms with Crippen LogP contribution in [-0.2, 0) is 0 Å².